The molecule has 1 aliphatic heterocycles. The van der Waals surface area contributed by atoms with Gasteiger partial charge in [-0.05, 0) is 37.3 Å². The summed E-state index contributed by atoms with van der Waals surface area (Å²) in [5, 5.41) is 8.87. The van der Waals surface area contributed by atoms with Gasteiger partial charge in [0.1, 0.15) is 0 Å². The fourth-order valence-electron chi connectivity index (χ4n) is 2.70. The number of halogens is 2. The number of carbonyl (C=O) groups excluding carboxylic acids is 1. The molecule has 1 saturated heterocycles. The minimum atomic E-state index is -0.848. The maximum atomic E-state index is 12.2. The number of likely N-dealkylation sites (tertiary alicyclic amines) is 1. The van der Waals surface area contributed by atoms with Crippen molar-refractivity contribution in [2.75, 3.05) is 6.54 Å². The zero-order chi connectivity index (χ0) is 15.4. The predicted molar refractivity (Wildman–Crippen MR) is 84.3 cm³/mol. The number of aliphatic carboxylic acids is 1. The van der Waals surface area contributed by atoms with Crippen LogP contribution < -0.4 is 0 Å². The third-order valence-electron chi connectivity index (χ3n) is 3.67. The first-order valence-corrected chi connectivity index (χ1v) is 8.49. The van der Waals surface area contributed by atoms with Crippen LogP contribution in [0, 0.1) is 0 Å². The molecule has 1 aliphatic rings. The Morgan fingerprint density at radius 2 is 2.19 bits per heavy atom. The maximum absolute atomic E-state index is 12.2. The fourth-order valence-corrected chi connectivity index (χ4v) is 4.24. The standard InChI is InChI=1S/C14H17Cl2NO3S/c15-11-7-9(14(16)21-11)3-1-5-12(18)17-6-2-4-10(17)8-13(19)20/h7,10H,1-6,8H2,(H,19,20). The zero-order valence-electron chi connectivity index (χ0n) is 11.5. The summed E-state index contributed by atoms with van der Waals surface area (Å²) in [6.07, 6.45) is 3.53. The van der Waals surface area contributed by atoms with E-state index in [-0.39, 0.29) is 18.4 Å². The van der Waals surface area contributed by atoms with Crippen LogP contribution in [0.15, 0.2) is 6.07 Å². The number of carboxylic acids is 1. The summed E-state index contributed by atoms with van der Waals surface area (Å²) in [4.78, 5) is 24.7. The van der Waals surface area contributed by atoms with Crippen LogP contribution in [0.4, 0.5) is 0 Å². The highest BCUT2D eigenvalue weighted by Crippen LogP contribution is 2.32. The van der Waals surface area contributed by atoms with Crippen LogP contribution >= 0.6 is 34.5 Å². The number of carbonyl (C=O) groups is 2. The van der Waals surface area contributed by atoms with Crippen molar-refractivity contribution in [3.63, 3.8) is 0 Å². The van der Waals surface area contributed by atoms with Gasteiger partial charge in [0.15, 0.2) is 0 Å². The van der Waals surface area contributed by atoms with Gasteiger partial charge in [0.2, 0.25) is 5.91 Å². The highest BCUT2D eigenvalue weighted by molar-refractivity contribution is 7.20. The van der Waals surface area contributed by atoms with Crippen molar-refractivity contribution in [2.45, 2.75) is 44.6 Å². The number of hydrogen-bond donors (Lipinski definition) is 1. The first kappa shape index (κ1) is 16.6. The molecule has 7 heteroatoms. The summed E-state index contributed by atoms with van der Waals surface area (Å²) in [5.41, 5.74) is 0.975. The van der Waals surface area contributed by atoms with Gasteiger partial charge in [0, 0.05) is 19.0 Å². The Morgan fingerprint density at radius 1 is 1.43 bits per heavy atom. The first-order valence-electron chi connectivity index (χ1n) is 6.92. The summed E-state index contributed by atoms with van der Waals surface area (Å²) in [6.45, 7) is 0.668. The monoisotopic (exact) mass is 349 g/mol. The van der Waals surface area contributed by atoms with Gasteiger partial charge >= 0.3 is 5.97 Å². The average molecular weight is 350 g/mol. The molecule has 0 spiro atoms. The van der Waals surface area contributed by atoms with Crippen LogP contribution in [0.3, 0.4) is 0 Å². The topological polar surface area (TPSA) is 57.6 Å². The fraction of sp³-hybridized carbons (Fsp3) is 0.571. The molecule has 1 aromatic rings. The Labute approximate surface area is 137 Å². The van der Waals surface area contributed by atoms with E-state index in [9.17, 15) is 9.59 Å². The molecule has 1 N–H and O–H groups in total. The average Bonchev–Trinajstić information content (AvgIpc) is 2.96. The molecule has 0 radical (unpaired) electrons. The minimum Gasteiger partial charge on any atom is -0.481 e. The van der Waals surface area contributed by atoms with Crippen molar-refractivity contribution in [3.8, 4) is 0 Å². The molecule has 0 bridgehead atoms. The SMILES string of the molecule is O=C(O)CC1CCCN1C(=O)CCCc1cc(Cl)sc1Cl. The molecular formula is C14H17Cl2NO3S. The van der Waals surface area contributed by atoms with Gasteiger partial charge in [0.25, 0.3) is 0 Å². The second-order valence-corrected chi connectivity index (χ2v) is 7.47. The molecule has 0 saturated carbocycles. The molecular weight excluding hydrogens is 333 g/mol. The summed E-state index contributed by atoms with van der Waals surface area (Å²) < 4.78 is 1.33. The minimum absolute atomic E-state index is 0.0381. The quantitative estimate of drug-likeness (QED) is 0.848. The molecule has 2 rings (SSSR count). The van der Waals surface area contributed by atoms with Crippen molar-refractivity contribution < 1.29 is 14.7 Å². The Kier molecular flexibility index (Phi) is 5.90. The summed E-state index contributed by atoms with van der Waals surface area (Å²) in [5.74, 6) is -0.810. The zero-order valence-corrected chi connectivity index (χ0v) is 13.8. The summed E-state index contributed by atoms with van der Waals surface area (Å²) in [6, 6.07) is 1.69. The number of aryl methyl sites for hydroxylation is 1. The number of thiophene rings is 1. The van der Waals surface area contributed by atoms with E-state index < -0.39 is 5.97 Å². The van der Waals surface area contributed by atoms with Crippen LogP contribution in [0.2, 0.25) is 8.67 Å². The molecule has 1 unspecified atom stereocenters. The smallest absolute Gasteiger partial charge is 0.305 e. The van der Waals surface area contributed by atoms with Crippen LogP contribution in [-0.2, 0) is 16.0 Å². The lowest BCUT2D eigenvalue weighted by Gasteiger charge is -2.23. The van der Waals surface area contributed by atoms with Crippen LogP contribution in [0.5, 0.6) is 0 Å². The Balaban J connectivity index is 1.81. The van der Waals surface area contributed by atoms with E-state index in [1.54, 1.807) is 4.90 Å². The van der Waals surface area contributed by atoms with Crippen molar-refractivity contribution in [3.05, 3.63) is 20.3 Å². The third kappa shape index (κ3) is 4.59. The number of amides is 1. The molecule has 116 valence electrons. The Bertz CT molecular complexity index is 532. The molecule has 21 heavy (non-hydrogen) atoms. The van der Waals surface area contributed by atoms with Crippen LogP contribution in [0.25, 0.3) is 0 Å². The molecule has 4 nitrogen and oxygen atoms in total. The van der Waals surface area contributed by atoms with Crippen molar-refractivity contribution in [1.29, 1.82) is 0 Å². The Hall–Kier alpha value is -0.780. The highest BCUT2D eigenvalue weighted by atomic mass is 35.5. The number of nitrogens with zero attached hydrogens (tertiary/aromatic N) is 1. The van der Waals surface area contributed by atoms with E-state index in [1.807, 2.05) is 6.07 Å². The second kappa shape index (κ2) is 7.47. The summed E-state index contributed by atoms with van der Waals surface area (Å²) >= 11 is 13.3. The normalized spacial score (nSPS) is 18.2. The van der Waals surface area contributed by atoms with Gasteiger partial charge in [-0.1, -0.05) is 23.2 Å². The lowest BCUT2D eigenvalue weighted by molar-refractivity contribution is -0.139. The second-order valence-electron chi connectivity index (χ2n) is 5.18. The molecule has 0 aromatic carbocycles. The largest absolute Gasteiger partial charge is 0.481 e. The van der Waals surface area contributed by atoms with E-state index in [0.717, 1.165) is 18.4 Å². The van der Waals surface area contributed by atoms with E-state index in [0.29, 0.717) is 34.5 Å². The van der Waals surface area contributed by atoms with Crippen molar-refractivity contribution >= 4 is 46.4 Å². The van der Waals surface area contributed by atoms with E-state index in [1.165, 1.54) is 11.3 Å². The molecule has 2 heterocycles. The van der Waals surface area contributed by atoms with Crippen LogP contribution in [0.1, 0.15) is 37.7 Å². The van der Waals surface area contributed by atoms with Gasteiger partial charge in [0.05, 0.1) is 15.1 Å². The van der Waals surface area contributed by atoms with Gasteiger partial charge in [-0.2, -0.15) is 0 Å². The van der Waals surface area contributed by atoms with Crippen molar-refractivity contribution in [1.82, 2.24) is 4.90 Å². The molecule has 1 amide bonds. The lowest BCUT2D eigenvalue weighted by Crippen LogP contribution is -2.36. The maximum Gasteiger partial charge on any atom is 0.305 e. The molecule has 1 aromatic heterocycles. The van der Waals surface area contributed by atoms with Crippen LogP contribution in [-0.4, -0.2) is 34.5 Å². The van der Waals surface area contributed by atoms with E-state index in [4.69, 9.17) is 28.3 Å². The number of hydrogen-bond acceptors (Lipinski definition) is 3. The highest BCUT2D eigenvalue weighted by Gasteiger charge is 2.29. The summed E-state index contributed by atoms with van der Waals surface area (Å²) in [7, 11) is 0. The van der Waals surface area contributed by atoms with Gasteiger partial charge in [-0.15, -0.1) is 11.3 Å². The third-order valence-corrected chi connectivity index (χ3v) is 5.24. The van der Waals surface area contributed by atoms with E-state index in [2.05, 4.69) is 0 Å². The number of rotatable bonds is 6. The first-order chi connectivity index (χ1) is 9.97. The van der Waals surface area contributed by atoms with Gasteiger partial charge in [-0.25, -0.2) is 0 Å². The molecule has 1 fully saturated rings. The molecule has 1 atom stereocenters. The number of carboxylic acid groups (broad SMARTS) is 1. The van der Waals surface area contributed by atoms with Crippen molar-refractivity contribution in [2.24, 2.45) is 0 Å². The van der Waals surface area contributed by atoms with Gasteiger partial charge < -0.3 is 10.0 Å². The van der Waals surface area contributed by atoms with Gasteiger partial charge in [-0.3, -0.25) is 9.59 Å². The predicted octanol–water partition coefficient (Wildman–Crippen LogP) is 3.84. The molecule has 0 aliphatic carbocycles. The lowest BCUT2D eigenvalue weighted by atomic mass is 10.1. The van der Waals surface area contributed by atoms with E-state index >= 15 is 0 Å². The Morgan fingerprint density at radius 3 is 2.81 bits per heavy atom.